The van der Waals surface area contributed by atoms with Crippen LogP contribution >= 0.6 is 11.3 Å². The third kappa shape index (κ3) is 3.44. The van der Waals surface area contributed by atoms with Gasteiger partial charge in [-0.3, -0.25) is 14.2 Å². The largest absolute Gasteiger partial charge is 0.350 e. The Balaban J connectivity index is 1.56. The molecule has 1 N–H and O–H groups in total. The second kappa shape index (κ2) is 6.87. The summed E-state index contributed by atoms with van der Waals surface area (Å²) in [6, 6.07) is 3.43. The fraction of sp³-hybridized carbons (Fsp3) is 0.438. The monoisotopic (exact) mass is 317 g/mol. The summed E-state index contributed by atoms with van der Waals surface area (Å²) in [4.78, 5) is 28.3. The minimum absolute atomic E-state index is 0.0401. The number of hydrogen-bond acceptors (Lipinski definition) is 4. The molecular weight excluding hydrogens is 298 g/mol. The number of carbonyl (C=O) groups is 1. The third-order valence-electron chi connectivity index (χ3n) is 4.10. The van der Waals surface area contributed by atoms with Gasteiger partial charge < -0.3 is 5.32 Å². The van der Waals surface area contributed by atoms with Crippen molar-refractivity contribution in [2.24, 2.45) is 0 Å². The van der Waals surface area contributed by atoms with Gasteiger partial charge in [0.1, 0.15) is 0 Å². The molecule has 116 valence electrons. The molecule has 0 saturated heterocycles. The maximum atomic E-state index is 12.1. The van der Waals surface area contributed by atoms with E-state index in [1.165, 1.54) is 24.2 Å². The van der Waals surface area contributed by atoms with Crippen LogP contribution in [0.15, 0.2) is 34.0 Å². The Hall–Kier alpha value is -1.95. The Bertz CT molecular complexity index is 688. The summed E-state index contributed by atoms with van der Waals surface area (Å²) in [5.41, 5.74) is 1.54. The molecule has 6 heteroatoms. The van der Waals surface area contributed by atoms with Gasteiger partial charge in [0.05, 0.1) is 12.0 Å². The van der Waals surface area contributed by atoms with Crippen molar-refractivity contribution in [3.63, 3.8) is 0 Å². The van der Waals surface area contributed by atoms with Gasteiger partial charge in [0.2, 0.25) is 0 Å². The van der Waals surface area contributed by atoms with Crippen LogP contribution < -0.4 is 10.9 Å². The van der Waals surface area contributed by atoms with Crippen LogP contribution in [0.2, 0.25) is 0 Å². The van der Waals surface area contributed by atoms with Gasteiger partial charge in [0, 0.05) is 36.0 Å². The van der Waals surface area contributed by atoms with Crippen LogP contribution in [-0.4, -0.2) is 22.0 Å². The van der Waals surface area contributed by atoms with E-state index in [0.29, 0.717) is 24.6 Å². The molecule has 1 amide bonds. The SMILES string of the molecule is O=C(NCCn1cnc(C2CCCC2)cc1=O)c1ccsc1. The fourth-order valence-corrected chi connectivity index (χ4v) is 3.47. The van der Waals surface area contributed by atoms with Crippen LogP contribution in [-0.2, 0) is 6.54 Å². The van der Waals surface area contributed by atoms with Crippen LogP contribution in [0.3, 0.4) is 0 Å². The lowest BCUT2D eigenvalue weighted by atomic mass is 10.0. The average molecular weight is 317 g/mol. The van der Waals surface area contributed by atoms with Gasteiger partial charge in [0.25, 0.3) is 11.5 Å². The van der Waals surface area contributed by atoms with E-state index in [-0.39, 0.29) is 11.5 Å². The second-order valence-corrected chi connectivity index (χ2v) is 6.37. The minimum atomic E-state index is -0.107. The number of carbonyl (C=O) groups excluding carboxylic acids is 1. The highest BCUT2D eigenvalue weighted by Crippen LogP contribution is 2.32. The molecule has 0 bridgehead atoms. The Morgan fingerprint density at radius 3 is 2.91 bits per heavy atom. The molecule has 1 fully saturated rings. The van der Waals surface area contributed by atoms with E-state index in [1.807, 2.05) is 5.38 Å². The zero-order chi connectivity index (χ0) is 15.4. The van der Waals surface area contributed by atoms with Gasteiger partial charge in [0.15, 0.2) is 0 Å². The highest BCUT2D eigenvalue weighted by molar-refractivity contribution is 7.08. The van der Waals surface area contributed by atoms with E-state index in [9.17, 15) is 9.59 Å². The number of amides is 1. The molecule has 2 heterocycles. The first-order valence-electron chi connectivity index (χ1n) is 7.61. The molecule has 0 spiro atoms. The molecule has 1 saturated carbocycles. The third-order valence-corrected chi connectivity index (χ3v) is 4.78. The second-order valence-electron chi connectivity index (χ2n) is 5.59. The van der Waals surface area contributed by atoms with Crippen molar-refractivity contribution in [1.29, 1.82) is 0 Å². The summed E-state index contributed by atoms with van der Waals surface area (Å²) >= 11 is 1.49. The average Bonchev–Trinajstić information content (AvgIpc) is 3.22. The van der Waals surface area contributed by atoms with Gasteiger partial charge in [-0.1, -0.05) is 12.8 Å². The van der Waals surface area contributed by atoms with Crippen molar-refractivity contribution in [3.05, 3.63) is 50.8 Å². The molecule has 2 aromatic heterocycles. The molecule has 0 aliphatic heterocycles. The van der Waals surface area contributed by atoms with Crippen molar-refractivity contribution in [3.8, 4) is 0 Å². The Morgan fingerprint density at radius 1 is 1.41 bits per heavy atom. The summed E-state index contributed by atoms with van der Waals surface area (Å²) in [5.74, 6) is 0.338. The van der Waals surface area contributed by atoms with Crippen LogP contribution in [0.25, 0.3) is 0 Å². The quantitative estimate of drug-likeness (QED) is 0.921. The predicted molar refractivity (Wildman–Crippen MR) is 86.4 cm³/mol. The highest BCUT2D eigenvalue weighted by Gasteiger charge is 2.18. The van der Waals surface area contributed by atoms with Gasteiger partial charge in [-0.15, -0.1) is 0 Å². The Morgan fingerprint density at radius 2 is 2.23 bits per heavy atom. The lowest BCUT2D eigenvalue weighted by Gasteiger charge is -2.10. The van der Waals surface area contributed by atoms with Crippen LogP contribution in [0, 0.1) is 0 Å². The zero-order valence-electron chi connectivity index (χ0n) is 12.3. The zero-order valence-corrected chi connectivity index (χ0v) is 13.1. The highest BCUT2D eigenvalue weighted by atomic mass is 32.1. The molecule has 22 heavy (non-hydrogen) atoms. The molecule has 5 nitrogen and oxygen atoms in total. The minimum Gasteiger partial charge on any atom is -0.350 e. The maximum Gasteiger partial charge on any atom is 0.253 e. The fourth-order valence-electron chi connectivity index (χ4n) is 2.84. The van der Waals surface area contributed by atoms with E-state index in [0.717, 1.165) is 18.5 Å². The first kappa shape index (κ1) is 15.0. The molecule has 2 aromatic rings. The molecule has 3 rings (SSSR count). The summed E-state index contributed by atoms with van der Waals surface area (Å²) in [5, 5.41) is 6.48. The summed E-state index contributed by atoms with van der Waals surface area (Å²) in [7, 11) is 0. The van der Waals surface area contributed by atoms with Crippen molar-refractivity contribution in [2.75, 3.05) is 6.54 Å². The maximum absolute atomic E-state index is 12.1. The van der Waals surface area contributed by atoms with Crippen LogP contribution in [0.5, 0.6) is 0 Å². The van der Waals surface area contributed by atoms with E-state index < -0.39 is 0 Å². The van der Waals surface area contributed by atoms with Gasteiger partial charge in [-0.25, -0.2) is 4.98 Å². The first-order chi connectivity index (χ1) is 10.7. The van der Waals surface area contributed by atoms with E-state index >= 15 is 0 Å². The van der Waals surface area contributed by atoms with E-state index in [4.69, 9.17) is 0 Å². The number of thiophene rings is 1. The molecule has 1 aliphatic rings. The number of hydrogen-bond donors (Lipinski definition) is 1. The summed E-state index contributed by atoms with van der Waals surface area (Å²) < 4.78 is 1.55. The Labute approximate surface area is 133 Å². The van der Waals surface area contributed by atoms with Crippen molar-refractivity contribution in [1.82, 2.24) is 14.9 Å². The van der Waals surface area contributed by atoms with Crippen LogP contribution in [0.1, 0.15) is 47.7 Å². The van der Waals surface area contributed by atoms with Gasteiger partial charge >= 0.3 is 0 Å². The molecule has 0 unspecified atom stereocenters. The molecule has 0 aromatic carbocycles. The van der Waals surface area contributed by atoms with Gasteiger partial charge in [-0.05, 0) is 24.3 Å². The molecular formula is C16H19N3O2S. The van der Waals surface area contributed by atoms with Crippen molar-refractivity contribution >= 4 is 17.2 Å². The number of rotatable bonds is 5. The van der Waals surface area contributed by atoms with Crippen molar-refractivity contribution < 1.29 is 4.79 Å². The number of aromatic nitrogens is 2. The number of nitrogens with zero attached hydrogens (tertiary/aromatic N) is 2. The van der Waals surface area contributed by atoms with Crippen molar-refractivity contribution in [2.45, 2.75) is 38.1 Å². The first-order valence-corrected chi connectivity index (χ1v) is 8.55. The lowest BCUT2D eigenvalue weighted by molar-refractivity contribution is 0.0952. The van der Waals surface area contributed by atoms with Crippen LogP contribution in [0.4, 0.5) is 0 Å². The summed E-state index contributed by atoms with van der Waals surface area (Å²) in [6.45, 7) is 0.853. The van der Waals surface area contributed by atoms with E-state index in [1.54, 1.807) is 28.4 Å². The molecule has 0 atom stereocenters. The molecule has 0 radical (unpaired) electrons. The normalized spacial score (nSPS) is 15.1. The molecule has 1 aliphatic carbocycles. The Kier molecular flexibility index (Phi) is 4.68. The lowest BCUT2D eigenvalue weighted by Crippen LogP contribution is -2.30. The number of nitrogens with one attached hydrogen (secondary N) is 1. The predicted octanol–water partition coefficient (Wildman–Crippen LogP) is 2.39. The topological polar surface area (TPSA) is 64.0 Å². The standard InChI is InChI=1S/C16H19N3O2S/c20-15-9-14(12-3-1-2-4-12)18-11-19(15)7-6-17-16(21)13-5-8-22-10-13/h5,8-12H,1-4,6-7H2,(H,17,21). The van der Waals surface area contributed by atoms with E-state index in [2.05, 4.69) is 10.3 Å². The summed E-state index contributed by atoms with van der Waals surface area (Å²) in [6.07, 6.45) is 6.32. The smallest absolute Gasteiger partial charge is 0.253 e. The van der Waals surface area contributed by atoms with Gasteiger partial charge in [-0.2, -0.15) is 11.3 Å².